The van der Waals surface area contributed by atoms with Gasteiger partial charge in [-0.3, -0.25) is 0 Å². The van der Waals surface area contributed by atoms with Gasteiger partial charge in [0.2, 0.25) is 5.13 Å². The molecule has 0 bridgehead atoms. The maximum absolute atomic E-state index is 5.53. The summed E-state index contributed by atoms with van der Waals surface area (Å²) < 4.78 is 0. The van der Waals surface area contributed by atoms with Crippen LogP contribution in [0, 0.1) is 6.92 Å². The number of aromatic nitrogens is 2. The molecule has 0 spiro atoms. The smallest absolute Gasteiger partial charge is 0.208 e. The summed E-state index contributed by atoms with van der Waals surface area (Å²) in [6.45, 7) is 4.65. The van der Waals surface area contributed by atoms with Gasteiger partial charge in [0.25, 0.3) is 0 Å². The molecule has 1 rings (SSSR count). The molecule has 12 heavy (non-hydrogen) atoms. The molecule has 68 valence electrons. The third-order valence-corrected chi connectivity index (χ3v) is 2.75. The first-order chi connectivity index (χ1) is 5.65. The van der Waals surface area contributed by atoms with Crippen LogP contribution in [0.25, 0.3) is 0 Å². The molecule has 0 aliphatic heterocycles. The Morgan fingerprint density at radius 2 is 2.25 bits per heavy atom. The van der Waals surface area contributed by atoms with Crippen LogP contribution < -0.4 is 10.6 Å². The second-order valence-corrected chi connectivity index (χ2v) is 3.96. The fourth-order valence-corrected chi connectivity index (χ4v) is 1.53. The maximum atomic E-state index is 5.53. The molecule has 0 saturated heterocycles. The van der Waals surface area contributed by atoms with Gasteiger partial charge in [0.15, 0.2) is 0 Å². The molecule has 1 aromatic heterocycles. The second-order valence-electron chi connectivity index (χ2n) is 2.80. The molecule has 0 aliphatic carbocycles. The van der Waals surface area contributed by atoms with Gasteiger partial charge < -0.3 is 10.6 Å². The Hall–Kier alpha value is -0.680. The zero-order valence-corrected chi connectivity index (χ0v) is 8.43. The topological polar surface area (TPSA) is 55.0 Å². The van der Waals surface area contributed by atoms with E-state index in [2.05, 4.69) is 17.1 Å². The number of anilines is 1. The van der Waals surface area contributed by atoms with Crippen molar-refractivity contribution in [2.45, 2.75) is 19.9 Å². The van der Waals surface area contributed by atoms with Gasteiger partial charge in [0, 0.05) is 19.6 Å². The van der Waals surface area contributed by atoms with E-state index in [1.807, 2.05) is 18.9 Å². The lowest BCUT2D eigenvalue weighted by molar-refractivity contribution is 0.690. The number of hydrogen-bond donors (Lipinski definition) is 1. The predicted molar refractivity (Wildman–Crippen MR) is 51.6 cm³/mol. The normalized spacial score (nSPS) is 13.0. The quantitative estimate of drug-likeness (QED) is 0.752. The van der Waals surface area contributed by atoms with Crippen LogP contribution in [0.5, 0.6) is 0 Å². The van der Waals surface area contributed by atoms with Crippen molar-refractivity contribution in [3.63, 3.8) is 0 Å². The van der Waals surface area contributed by atoms with Gasteiger partial charge in [-0.2, -0.15) is 0 Å². The molecule has 1 unspecified atom stereocenters. The zero-order chi connectivity index (χ0) is 9.14. The Balaban J connectivity index is 2.70. The summed E-state index contributed by atoms with van der Waals surface area (Å²) in [5.41, 5.74) is 5.53. The average Bonchev–Trinajstić information content (AvgIpc) is 2.49. The summed E-state index contributed by atoms with van der Waals surface area (Å²) in [6, 6.07) is 0.317. The van der Waals surface area contributed by atoms with Crippen molar-refractivity contribution >= 4 is 16.5 Å². The monoisotopic (exact) mass is 186 g/mol. The minimum atomic E-state index is 0.317. The highest BCUT2D eigenvalue weighted by Gasteiger charge is 2.11. The van der Waals surface area contributed by atoms with E-state index in [0.717, 1.165) is 10.1 Å². The van der Waals surface area contributed by atoms with E-state index in [0.29, 0.717) is 12.6 Å². The summed E-state index contributed by atoms with van der Waals surface area (Å²) in [6.07, 6.45) is 0. The molecular formula is C7H14N4S. The van der Waals surface area contributed by atoms with E-state index in [9.17, 15) is 0 Å². The van der Waals surface area contributed by atoms with Crippen molar-refractivity contribution in [3.8, 4) is 0 Å². The van der Waals surface area contributed by atoms with Crippen molar-refractivity contribution in [1.29, 1.82) is 0 Å². The van der Waals surface area contributed by atoms with Crippen LogP contribution in [0.2, 0.25) is 0 Å². The first kappa shape index (κ1) is 9.41. The summed E-state index contributed by atoms with van der Waals surface area (Å²) in [5.74, 6) is 0. The number of aryl methyl sites for hydroxylation is 1. The SMILES string of the molecule is Cc1nnc(N(C)C(C)CN)s1. The highest BCUT2D eigenvalue weighted by atomic mass is 32.1. The minimum absolute atomic E-state index is 0.317. The van der Waals surface area contributed by atoms with Crippen LogP contribution in [0.3, 0.4) is 0 Å². The Morgan fingerprint density at radius 3 is 2.67 bits per heavy atom. The molecule has 0 amide bonds. The summed E-state index contributed by atoms with van der Waals surface area (Å²) in [7, 11) is 1.98. The minimum Gasteiger partial charge on any atom is -0.346 e. The van der Waals surface area contributed by atoms with Crippen molar-refractivity contribution in [3.05, 3.63) is 5.01 Å². The van der Waals surface area contributed by atoms with Gasteiger partial charge >= 0.3 is 0 Å². The standard InChI is InChI=1S/C7H14N4S/c1-5(4-8)11(3)7-10-9-6(2)12-7/h5H,4,8H2,1-3H3. The number of likely N-dealkylation sites (N-methyl/N-ethyl adjacent to an activating group) is 1. The van der Waals surface area contributed by atoms with E-state index in [1.54, 1.807) is 11.3 Å². The van der Waals surface area contributed by atoms with Gasteiger partial charge in [-0.25, -0.2) is 0 Å². The van der Waals surface area contributed by atoms with Gasteiger partial charge in [-0.05, 0) is 13.8 Å². The lowest BCUT2D eigenvalue weighted by Crippen LogP contribution is -2.35. The molecule has 0 aromatic carbocycles. The third-order valence-electron chi connectivity index (χ3n) is 1.82. The van der Waals surface area contributed by atoms with Crippen molar-refractivity contribution in [2.75, 3.05) is 18.5 Å². The van der Waals surface area contributed by atoms with Crippen LogP contribution in [-0.2, 0) is 0 Å². The van der Waals surface area contributed by atoms with Crippen LogP contribution in [0.4, 0.5) is 5.13 Å². The van der Waals surface area contributed by atoms with E-state index in [1.165, 1.54) is 0 Å². The molecule has 1 atom stereocenters. The van der Waals surface area contributed by atoms with Crippen LogP contribution in [-0.4, -0.2) is 29.8 Å². The summed E-state index contributed by atoms with van der Waals surface area (Å²) in [4.78, 5) is 2.05. The van der Waals surface area contributed by atoms with Crippen LogP contribution in [0.15, 0.2) is 0 Å². The number of rotatable bonds is 3. The molecule has 0 aliphatic rings. The predicted octanol–water partition coefficient (Wildman–Crippen LogP) is 0.630. The average molecular weight is 186 g/mol. The molecule has 4 nitrogen and oxygen atoms in total. The number of hydrogen-bond acceptors (Lipinski definition) is 5. The van der Waals surface area contributed by atoms with Crippen LogP contribution in [0.1, 0.15) is 11.9 Å². The van der Waals surface area contributed by atoms with Crippen molar-refractivity contribution < 1.29 is 0 Å². The number of nitrogens with two attached hydrogens (primary N) is 1. The summed E-state index contributed by atoms with van der Waals surface area (Å²) in [5, 5.41) is 9.89. The van der Waals surface area contributed by atoms with Gasteiger partial charge in [-0.1, -0.05) is 11.3 Å². The maximum Gasteiger partial charge on any atom is 0.208 e. The lowest BCUT2D eigenvalue weighted by Gasteiger charge is -2.21. The largest absolute Gasteiger partial charge is 0.346 e. The molecule has 1 heterocycles. The molecule has 2 N–H and O–H groups in total. The third kappa shape index (κ3) is 1.92. The second kappa shape index (κ2) is 3.82. The van der Waals surface area contributed by atoms with Crippen molar-refractivity contribution in [2.24, 2.45) is 5.73 Å². The van der Waals surface area contributed by atoms with E-state index >= 15 is 0 Å². The van der Waals surface area contributed by atoms with Crippen LogP contribution >= 0.6 is 11.3 Å². The zero-order valence-electron chi connectivity index (χ0n) is 7.61. The number of nitrogens with zero attached hydrogens (tertiary/aromatic N) is 3. The van der Waals surface area contributed by atoms with Gasteiger partial charge in [0.1, 0.15) is 5.01 Å². The molecule has 1 aromatic rings. The highest BCUT2D eigenvalue weighted by Crippen LogP contribution is 2.19. The van der Waals surface area contributed by atoms with E-state index in [-0.39, 0.29) is 0 Å². The van der Waals surface area contributed by atoms with E-state index < -0.39 is 0 Å². The molecule has 0 saturated carbocycles. The highest BCUT2D eigenvalue weighted by molar-refractivity contribution is 7.15. The lowest BCUT2D eigenvalue weighted by atomic mass is 10.3. The molecular weight excluding hydrogens is 172 g/mol. The first-order valence-corrected chi connectivity index (χ1v) is 4.69. The Kier molecular flexibility index (Phi) is 2.99. The van der Waals surface area contributed by atoms with Gasteiger partial charge in [-0.15, -0.1) is 10.2 Å². The Morgan fingerprint density at radius 1 is 1.58 bits per heavy atom. The van der Waals surface area contributed by atoms with E-state index in [4.69, 9.17) is 5.73 Å². The fraction of sp³-hybridized carbons (Fsp3) is 0.714. The molecule has 5 heteroatoms. The fourth-order valence-electron chi connectivity index (χ4n) is 0.775. The Bertz CT molecular complexity index is 247. The van der Waals surface area contributed by atoms with Gasteiger partial charge in [0.05, 0.1) is 0 Å². The van der Waals surface area contributed by atoms with Crippen molar-refractivity contribution in [1.82, 2.24) is 10.2 Å². The molecule has 0 fully saturated rings. The Labute approximate surface area is 76.4 Å². The first-order valence-electron chi connectivity index (χ1n) is 3.88. The summed E-state index contributed by atoms with van der Waals surface area (Å²) >= 11 is 1.59. The molecule has 0 radical (unpaired) electrons.